The Labute approximate surface area is 144 Å². The number of nitrogens with zero attached hydrogens (tertiary/aromatic N) is 1. The van der Waals surface area contributed by atoms with Crippen LogP contribution in [0, 0.1) is 27.8 Å². The number of carbonyl (C=O) groups excluding carboxylic acids is 1. The molecule has 1 saturated carbocycles. The van der Waals surface area contributed by atoms with E-state index in [4.69, 9.17) is 4.74 Å². The van der Waals surface area contributed by atoms with Gasteiger partial charge in [-0.05, 0) is 37.5 Å². The summed E-state index contributed by atoms with van der Waals surface area (Å²) in [6, 6.07) is 4.21. The molecule has 7 heteroatoms. The van der Waals surface area contributed by atoms with E-state index >= 15 is 0 Å². The number of nitro groups is 1. The second-order valence-electron chi connectivity index (χ2n) is 6.53. The number of halogens is 1. The first-order valence-electron chi connectivity index (χ1n) is 8.44. The summed E-state index contributed by atoms with van der Waals surface area (Å²) < 4.78 is 18.3. The Hall–Kier alpha value is -2.44. The molecule has 0 unspecified atom stereocenters. The number of hydrogen-bond acceptors (Lipinski definition) is 5. The maximum Gasteiger partial charge on any atom is 0.338 e. The zero-order chi connectivity index (χ0) is 18.1. The van der Waals surface area contributed by atoms with E-state index in [1.165, 1.54) is 24.3 Å². The number of allylic oxidation sites excluding steroid dienone is 1. The molecule has 0 spiro atoms. The van der Waals surface area contributed by atoms with Gasteiger partial charge in [0.2, 0.25) is 6.04 Å². The van der Waals surface area contributed by atoms with Crippen LogP contribution in [0.2, 0.25) is 0 Å². The Morgan fingerprint density at radius 2 is 2.04 bits per heavy atom. The Bertz CT molecular complexity index is 715. The molecule has 0 radical (unpaired) electrons. The van der Waals surface area contributed by atoms with Gasteiger partial charge in [0.25, 0.3) is 0 Å². The highest BCUT2D eigenvalue weighted by Crippen LogP contribution is 2.51. The Balaban J connectivity index is 2.17. The quantitative estimate of drug-likeness (QED) is 0.511. The normalized spacial score (nSPS) is 28.6. The molecule has 6 nitrogen and oxygen atoms in total. The second kappa shape index (κ2) is 6.82. The lowest BCUT2D eigenvalue weighted by Gasteiger charge is -2.35. The number of esters is 1. The minimum atomic E-state index is -1.05. The lowest BCUT2D eigenvalue weighted by molar-refractivity contribution is -0.537. The first-order valence-corrected chi connectivity index (χ1v) is 8.44. The van der Waals surface area contributed by atoms with Gasteiger partial charge in [0, 0.05) is 16.8 Å². The molecule has 4 atom stereocenters. The molecular formula is C18H20FNO5. The third-order valence-corrected chi connectivity index (χ3v) is 5.26. The number of hydrogen-bond donors (Lipinski definition) is 1. The predicted octanol–water partition coefficient (Wildman–Crippen LogP) is 3.36. The number of fused-ring (bicyclic) bond motifs is 1. The van der Waals surface area contributed by atoms with Crippen molar-refractivity contribution >= 4 is 5.97 Å². The van der Waals surface area contributed by atoms with E-state index in [2.05, 4.69) is 0 Å². The molecule has 2 aliphatic carbocycles. The van der Waals surface area contributed by atoms with Crippen LogP contribution in [0.3, 0.4) is 0 Å². The molecule has 0 aromatic heterocycles. The maximum absolute atomic E-state index is 13.3. The molecular weight excluding hydrogens is 329 g/mol. The van der Waals surface area contributed by atoms with Gasteiger partial charge in [0.15, 0.2) is 0 Å². The number of aliphatic hydroxyl groups is 1. The average Bonchev–Trinajstić information content (AvgIpc) is 3.05. The van der Waals surface area contributed by atoms with Crippen LogP contribution in [-0.4, -0.2) is 28.6 Å². The lowest BCUT2D eigenvalue weighted by atomic mass is 9.69. The molecule has 0 heterocycles. The van der Waals surface area contributed by atoms with Crippen LogP contribution in [0.25, 0.3) is 0 Å². The molecule has 25 heavy (non-hydrogen) atoms. The summed E-state index contributed by atoms with van der Waals surface area (Å²) in [5, 5.41) is 22.6. The van der Waals surface area contributed by atoms with E-state index < -0.39 is 29.7 Å². The van der Waals surface area contributed by atoms with Crippen molar-refractivity contribution in [1.29, 1.82) is 0 Å². The summed E-state index contributed by atoms with van der Waals surface area (Å²) in [7, 11) is 0. The van der Waals surface area contributed by atoms with Gasteiger partial charge in [-0.15, -0.1) is 0 Å². The van der Waals surface area contributed by atoms with Gasteiger partial charge < -0.3 is 9.84 Å². The van der Waals surface area contributed by atoms with E-state index in [-0.39, 0.29) is 28.8 Å². The van der Waals surface area contributed by atoms with Crippen LogP contribution in [0.15, 0.2) is 35.6 Å². The summed E-state index contributed by atoms with van der Waals surface area (Å²) in [5.74, 6) is -3.01. The summed E-state index contributed by atoms with van der Waals surface area (Å²) >= 11 is 0. The van der Waals surface area contributed by atoms with Crippen molar-refractivity contribution in [2.45, 2.75) is 38.1 Å². The monoisotopic (exact) mass is 349 g/mol. The van der Waals surface area contributed by atoms with Gasteiger partial charge in [0.1, 0.15) is 11.6 Å². The number of ether oxygens (including phenoxy) is 1. The van der Waals surface area contributed by atoms with Crippen LogP contribution in [0.5, 0.6) is 0 Å². The number of benzene rings is 1. The third-order valence-electron chi connectivity index (χ3n) is 5.26. The number of aliphatic hydroxyl groups excluding tert-OH is 1. The van der Waals surface area contributed by atoms with Gasteiger partial charge in [-0.25, -0.2) is 9.18 Å². The number of carbonyl (C=O) groups is 1. The van der Waals surface area contributed by atoms with Crippen molar-refractivity contribution in [3.05, 3.63) is 57.1 Å². The molecule has 0 bridgehead atoms. The standard InChI is InChI=1S/C18H20FNO5/c1-2-25-18(22)15-14(10-6-8-11(19)9-7-10)16(20(23)24)12-4-3-5-13(12)17(15)21/h6-9,12-14,16,21H,2-5H2,1H3/t12-,13+,14-,16+/m1/s1. The molecule has 1 aromatic carbocycles. The van der Waals surface area contributed by atoms with Gasteiger partial charge in [0.05, 0.1) is 18.1 Å². The van der Waals surface area contributed by atoms with Gasteiger partial charge >= 0.3 is 5.97 Å². The van der Waals surface area contributed by atoms with E-state index in [1.54, 1.807) is 6.92 Å². The molecule has 1 N–H and O–H groups in total. The van der Waals surface area contributed by atoms with E-state index in [9.17, 15) is 24.4 Å². The summed E-state index contributed by atoms with van der Waals surface area (Å²) in [5.41, 5.74) is 0.376. The molecule has 0 saturated heterocycles. The van der Waals surface area contributed by atoms with Crippen molar-refractivity contribution in [2.24, 2.45) is 11.8 Å². The molecule has 0 amide bonds. The molecule has 1 fully saturated rings. The largest absolute Gasteiger partial charge is 0.511 e. The van der Waals surface area contributed by atoms with E-state index in [0.29, 0.717) is 18.4 Å². The average molecular weight is 349 g/mol. The fourth-order valence-corrected chi connectivity index (χ4v) is 4.27. The van der Waals surface area contributed by atoms with Crippen molar-refractivity contribution in [3.8, 4) is 0 Å². The highest BCUT2D eigenvalue weighted by molar-refractivity contribution is 5.91. The summed E-state index contributed by atoms with van der Waals surface area (Å²) in [6.45, 7) is 1.73. The Morgan fingerprint density at radius 3 is 2.64 bits per heavy atom. The van der Waals surface area contributed by atoms with Crippen LogP contribution >= 0.6 is 0 Å². The smallest absolute Gasteiger partial charge is 0.338 e. The molecule has 1 aromatic rings. The predicted molar refractivity (Wildman–Crippen MR) is 87.0 cm³/mol. The van der Waals surface area contributed by atoms with E-state index in [0.717, 1.165) is 6.42 Å². The zero-order valence-electron chi connectivity index (χ0n) is 13.9. The molecule has 134 valence electrons. The minimum Gasteiger partial charge on any atom is -0.511 e. The van der Waals surface area contributed by atoms with Gasteiger partial charge in [-0.1, -0.05) is 18.6 Å². The molecule has 2 aliphatic rings. The maximum atomic E-state index is 13.3. The summed E-state index contributed by atoms with van der Waals surface area (Å²) in [4.78, 5) is 24.0. The third kappa shape index (κ3) is 2.99. The highest BCUT2D eigenvalue weighted by Gasteiger charge is 2.55. The topological polar surface area (TPSA) is 89.7 Å². The van der Waals surface area contributed by atoms with Crippen molar-refractivity contribution in [2.75, 3.05) is 6.61 Å². The highest BCUT2D eigenvalue weighted by atomic mass is 19.1. The van der Waals surface area contributed by atoms with Crippen LogP contribution in [0.1, 0.15) is 37.7 Å². The van der Waals surface area contributed by atoms with Crippen molar-refractivity contribution in [3.63, 3.8) is 0 Å². The lowest BCUT2D eigenvalue weighted by Crippen LogP contribution is -2.44. The molecule has 0 aliphatic heterocycles. The fraction of sp³-hybridized carbons (Fsp3) is 0.500. The SMILES string of the molecule is CCOC(=O)C1=C(O)[C@H]2CCC[C@H]2[C@H]([N+](=O)[O-])[C@@H]1c1ccc(F)cc1. The van der Waals surface area contributed by atoms with Crippen LogP contribution in [-0.2, 0) is 9.53 Å². The second-order valence-corrected chi connectivity index (χ2v) is 6.53. The number of rotatable bonds is 4. The van der Waals surface area contributed by atoms with Gasteiger partial charge in [-0.2, -0.15) is 0 Å². The summed E-state index contributed by atoms with van der Waals surface area (Å²) in [6.07, 6.45) is 1.99. The zero-order valence-corrected chi connectivity index (χ0v) is 13.9. The fourth-order valence-electron chi connectivity index (χ4n) is 4.27. The molecule has 3 rings (SSSR count). The first kappa shape index (κ1) is 17.4. The van der Waals surface area contributed by atoms with E-state index in [1.807, 2.05) is 0 Å². The Kier molecular flexibility index (Phi) is 4.74. The van der Waals surface area contributed by atoms with Crippen molar-refractivity contribution in [1.82, 2.24) is 0 Å². The Morgan fingerprint density at radius 1 is 1.36 bits per heavy atom. The van der Waals surface area contributed by atoms with Crippen molar-refractivity contribution < 1.29 is 24.0 Å². The van der Waals surface area contributed by atoms with Crippen LogP contribution in [0.4, 0.5) is 4.39 Å². The minimum absolute atomic E-state index is 0.0571. The van der Waals surface area contributed by atoms with Gasteiger partial charge in [-0.3, -0.25) is 10.1 Å². The first-order chi connectivity index (χ1) is 12.0. The van der Waals surface area contributed by atoms with Crippen LogP contribution < -0.4 is 0 Å².